The zero-order valence-corrected chi connectivity index (χ0v) is 10.5. The van der Waals surface area contributed by atoms with Crippen LogP contribution in [0.15, 0.2) is 0 Å². The number of ether oxygens (including phenoxy) is 1. The Morgan fingerprint density at radius 2 is 2.06 bits per heavy atom. The molecular formula is C12H21NO4. The van der Waals surface area contributed by atoms with Crippen LogP contribution >= 0.6 is 0 Å². The van der Waals surface area contributed by atoms with E-state index in [9.17, 15) is 9.59 Å². The lowest BCUT2D eigenvalue weighted by Crippen LogP contribution is -2.55. The smallest absolute Gasteiger partial charge is 0.331 e. The Bertz CT molecular complexity index is 280. The Kier molecular flexibility index (Phi) is 4.93. The van der Waals surface area contributed by atoms with E-state index in [0.29, 0.717) is 25.4 Å². The lowest BCUT2D eigenvalue weighted by Gasteiger charge is -2.24. The molecule has 0 spiro atoms. The predicted molar refractivity (Wildman–Crippen MR) is 62.6 cm³/mol. The van der Waals surface area contributed by atoms with Gasteiger partial charge in [0.15, 0.2) is 5.54 Å². The number of carbonyl (C=O) groups is 2. The molecule has 1 heterocycles. The second-order valence-electron chi connectivity index (χ2n) is 4.62. The van der Waals surface area contributed by atoms with Crippen LogP contribution in [0, 0.1) is 5.92 Å². The van der Waals surface area contributed by atoms with Crippen molar-refractivity contribution in [1.29, 1.82) is 0 Å². The minimum Gasteiger partial charge on any atom is -0.479 e. The first-order chi connectivity index (χ1) is 8.04. The molecule has 1 unspecified atom stereocenters. The SMILES string of the molecule is CCC(CC)CC(=O)NC1(C(=O)O)CCOC1. The van der Waals surface area contributed by atoms with E-state index in [0.717, 1.165) is 12.8 Å². The molecule has 0 aromatic heterocycles. The minimum atomic E-state index is -1.21. The fraction of sp³-hybridized carbons (Fsp3) is 0.833. The number of nitrogens with one attached hydrogen (secondary N) is 1. The second-order valence-corrected chi connectivity index (χ2v) is 4.62. The number of carboxylic acids is 1. The predicted octanol–water partition coefficient (Wildman–Crippen LogP) is 1.17. The molecule has 5 heteroatoms. The number of amides is 1. The highest BCUT2D eigenvalue weighted by atomic mass is 16.5. The van der Waals surface area contributed by atoms with Crippen LogP contribution in [0.4, 0.5) is 0 Å². The quantitative estimate of drug-likeness (QED) is 0.734. The maximum absolute atomic E-state index is 11.8. The summed E-state index contributed by atoms with van der Waals surface area (Å²) >= 11 is 0. The first-order valence-electron chi connectivity index (χ1n) is 6.16. The molecule has 1 rings (SSSR count). The Morgan fingerprint density at radius 3 is 2.47 bits per heavy atom. The Hall–Kier alpha value is -1.10. The van der Waals surface area contributed by atoms with Crippen molar-refractivity contribution in [2.75, 3.05) is 13.2 Å². The summed E-state index contributed by atoms with van der Waals surface area (Å²) in [5.74, 6) is -0.873. The molecule has 98 valence electrons. The zero-order valence-electron chi connectivity index (χ0n) is 10.5. The number of hydrogen-bond donors (Lipinski definition) is 2. The van der Waals surface area contributed by atoms with E-state index >= 15 is 0 Å². The van der Waals surface area contributed by atoms with E-state index in [1.807, 2.05) is 13.8 Å². The molecule has 1 aliphatic rings. The van der Waals surface area contributed by atoms with Gasteiger partial charge in [-0.15, -0.1) is 0 Å². The second kappa shape index (κ2) is 6.00. The normalized spacial score (nSPS) is 23.9. The van der Waals surface area contributed by atoms with Crippen LogP contribution in [0.3, 0.4) is 0 Å². The molecular weight excluding hydrogens is 222 g/mol. The van der Waals surface area contributed by atoms with Crippen molar-refractivity contribution in [1.82, 2.24) is 5.32 Å². The molecule has 0 saturated carbocycles. The van der Waals surface area contributed by atoms with E-state index in [4.69, 9.17) is 9.84 Å². The van der Waals surface area contributed by atoms with Crippen molar-refractivity contribution in [3.63, 3.8) is 0 Å². The minimum absolute atomic E-state index is 0.0665. The van der Waals surface area contributed by atoms with Crippen molar-refractivity contribution in [2.45, 2.75) is 45.1 Å². The number of hydrogen-bond acceptors (Lipinski definition) is 3. The average molecular weight is 243 g/mol. The van der Waals surface area contributed by atoms with Crippen molar-refractivity contribution in [2.24, 2.45) is 5.92 Å². The third-order valence-electron chi connectivity index (χ3n) is 3.44. The third-order valence-corrected chi connectivity index (χ3v) is 3.44. The molecule has 0 radical (unpaired) electrons. The summed E-state index contributed by atoms with van der Waals surface area (Å²) in [6.45, 7) is 4.52. The van der Waals surface area contributed by atoms with E-state index in [2.05, 4.69) is 5.32 Å². The van der Waals surface area contributed by atoms with Crippen LogP contribution in [0.5, 0.6) is 0 Å². The molecule has 0 aromatic carbocycles. The van der Waals surface area contributed by atoms with Gasteiger partial charge in [0, 0.05) is 19.4 Å². The summed E-state index contributed by atoms with van der Waals surface area (Å²) in [7, 11) is 0. The number of carbonyl (C=O) groups excluding carboxylic acids is 1. The lowest BCUT2D eigenvalue weighted by atomic mass is 9.95. The topological polar surface area (TPSA) is 75.6 Å². The van der Waals surface area contributed by atoms with Gasteiger partial charge in [-0.25, -0.2) is 4.79 Å². The van der Waals surface area contributed by atoms with Crippen LogP contribution in [-0.4, -0.2) is 35.7 Å². The fourth-order valence-electron chi connectivity index (χ4n) is 2.04. The summed E-state index contributed by atoms with van der Waals surface area (Å²) in [6.07, 6.45) is 2.60. The van der Waals surface area contributed by atoms with Gasteiger partial charge in [0.2, 0.25) is 5.91 Å². The Balaban J connectivity index is 2.56. The summed E-state index contributed by atoms with van der Waals surface area (Å²) in [6, 6.07) is 0. The van der Waals surface area contributed by atoms with Gasteiger partial charge in [0.05, 0.1) is 6.61 Å². The van der Waals surface area contributed by atoms with Gasteiger partial charge >= 0.3 is 5.97 Å². The first kappa shape index (κ1) is 14.0. The largest absolute Gasteiger partial charge is 0.479 e. The van der Waals surface area contributed by atoms with Crippen molar-refractivity contribution < 1.29 is 19.4 Å². The van der Waals surface area contributed by atoms with Crippen LogP contribution in [0.2, 0.25) is 0 Å². The van der Waals surface area contributed by atoms with E-state index in [1.54, 1.807) is 0 Å². The highest BCUT2D eigenvalue weighted by Crippen LogP contribution is 2.20. The summed E-state index contributed by atoms with van der Waals surface area (Å²) in [4.78, 5) is 23.0. The number of carboxylic acid groups (broad SMARTS) is 1. The van der Waals surface area contributed by atoms with Crippen molar-refractivity contribution in [3.05, 3.63) is 0 Å². The van der Waals surface area contributed by atoms with Crippen LogP contribution in [0.25, 0.3) is 0 Å². The van der Waals surface area contributed by atoms with Gasteiger partial charge in [0.1, 0.15) is 0 Å². The highest BCUT2D eigenvalue weighted by molar-refractivity contribution is 5.87. The standard InChI is InChI=1S/C12H21NO4/c1-3-9(4-2)7-10(14)13-12(11(15)16)5-6-17-8-12/h9H,3-8H2,1-2H3,(H,13,14)(H,15,16). The van der Waals surface area contributed by atoms with Gasteiger partial charge in [-0.2, -0.15) is 0 Å². The molecule has 0 bridgehead atoms. The molecule has 1 saturated heterocycles. The molecule has 0 aromatic rings. The van der Waals surface area contributed by atoms with Gasteiger partial charge < -0.3 is 15.2 Å². The van der Waals surface area contributed by atoms with Crippen molar-refractivity contribution in [3.8, 4) is 0 Å². The van der Waals surface area contributed by atoms with Gasteiger partial charge in [-0.1, -0.05) is 26.7 Å². The monoisotopic (exact) mass is 243 g/mol. The van der Waals surface area contributed by atoms with Gasteiger partial charge in [-0.3, -0.25) is 4.79 Å². The summed E-state index contributed by atoms with van der Waals surface area (Å²) in [5.41, 5.74) is -1.21. The molecule has 1 amide bonds. The van der Waals surface area contributed by atoms with Crippen LogP contribution in [0.1, 0.15) is 39.5 Å². The molecule has 1 fully saturated rings. The third kappa shape index (κ3) is 3.43. The fourth-order valence-corrected chi connectivity index (χ4v) is 2.04. The molecule has 17 heavy (non-hydrogen) atoms. The Morgan fingerprint density at radius 1 is 1.41 bits per heavy atom. The highest BCUT2D eigenvalue weighted by Gasteiger charge is 2.43. The molecule has 1 atom stereocenters. The summed E-state index contributed by atoms with van der Waals surface area (Å²) < 4.78 is 5.08. The van der Waals surface area contributed by atoms with E-state index in [1.165, 1.54) is 0 Å². The van der Waals surface area contributed by atoms with E-state index < -0.39 is 11.5 Å². The average Bonchev–Trinajstić information content (AvgIpc) is 2.75. The van der Waals surface area contributed by atoms with Gasteiger partial charge in [0.25, 0.3) is 0 Å². The van der Waals surface area contributed by atoms with Gasteiger partial charge in [-0.05, 0) is 5.92 Å². The number of aliphatic carboxylic acids is 1. The maximum Gasteiger partial charge on any atom is 0.331 e. The summed E-state index contributed by atoms with van der Waals surface area (Å²) in [5, 5.41) is 11.8. The maximum atomic E-state index is 11.8. The number of rotatable bonds is 6. The van der Waals surface area contributed by atoms with Crippen LogP contribution < -0.4 is 5.32 Å². The van der Waals surface area contributed by atoms with E-state index in [-0.39, 0.29) is 12.5 Å². The van der Waals surface area contributed by atoms with Crippen molar-refractivity contribution >= 4 is 11.9 Å². The molecule has 2 N–H and O–H groups in total. The zero-order chi connectivity index (χ0) is 12.9. The van der Waals surface area contributed by atoms with Crippen LogP contribution in [-0.2, 0) is 14.3 Å². The lowest BCUT2D eigenvalue weighted by molar-refractivity contribution is -0.147. The Labute approximate surface area is 102 Å². The molecule has 5 nitrogen and oxygen atoms in total. The molecule has 1 aliphatic heterocycles. The molecule has 0 aliphatic carbocycles. The first-order valence-corrected chi connectivity index (χ1v) is 6.16.